The second-order valence-electron chi connectivity index (χ2n) is 10.2. The molecule has 4 rings (SSSR count). The fourth-order valence-electron chi connectivity index (χ4n) is 4.64. The molecule has 0 saturated heterocycles. The summed E-state index contributed by atoms with van der Waals surface area (Å²) >= 11 is 0. The van der Waals surface area contributed by atoms with Gasteiger partial charge in [0.05, 0.1) is 0 Å². The highest BCUT2D eigenvalue weighted by Gasteiger charge is 2.33. The van der Waals surface area contributed by atoms with E-state index >= 15 is 0 Å². The molecule has 2 aliphatic carbocycles. The number of hydrazine groups is 1. The van der Waals surface area contributed by atoms with E-state index in [-0.39, 0.29) is 12.8 Å². The van der Waals surface area contributed by atoms with Crippen molar-refractivity contribution in [3.8, 4) is 0 Å². The number of hydrogen-bond donors (Lipinski definition) is 5. The minimum atomic E-state index is -2.39. The summed E-state index contributed by atoms with van der Waals surface area (Å²) in [5, 5.41) is 6.42. The molecule has 6 N–H and O–H groups in total. The fraction of sp³-hybridized carbons (Fsp3) is 0.545. The van der Waals surface area contributed by atoms with E-state index in [1.807, 2.05) is 38.5 Å². The number of hydrogen-bond acceptors (Lipinski definition) is 6. The molecule has 1 aromatic heterocycles. The fourth-order valence-corrected chi connectivity index (χ4v) is 4.64. The van der Waals surface area contributed by atoms with Gasteiger partial charge >= 0.3 is 0 Å². The van der Waals surface area contributed by atoms with Crippen LogP contribution in [0.5, 0.6) is 0 Å². The van der Waals surface area contributed by atoms with Crippen molar-refractivity contribution in [3.63, 3.8) is 0 Å². The van der Waals surface area contributed by atoms with E-state index in [0.29, 0.717) is 31.5 Å². The number of nitrogens with one attached hydrogen (secondary N) is 4. The van der Waals surface area contributed by atoms with Crippen LogP contribution in [0.25, 0.3) is 0 Å². The molecule has 1 unspecified atom stereocenters. The van der Waals surface area contributed by atoms with E-state index in [0.717, 1.165) is 25.9 Å². The Morgan fingerprint density at radius 3 is 2.32 bits per heavy atom. The van der Waals surface area contributed by atoms with Gasteiger partial charge in [-0.15, -0.1) is 13.2 Å². The lowest BCUT2D eigenvalue weighted by atomic mass is 9.87. The molecule has 230 valence electrons. The van der Waals surface area contributed by atoms with Crippen molar-refractivity contribution in [3.05, 3.63) is 90.8 Å². The van der Waals surface area contributed by atoms with Crippen LogP contribution >= 0.6 is 0 Å². The number of nitrogens with zero attached hydrogens (tertiary/aromatic N) is 1. The minimum Gasteiger partial charge on any atom is -0.318 e. The molecule has 0 radical (unpaired) electrons. The Balaban J connectivity index is 0.000000281. The zero-order valence-electron chi connectivity index (χ0n) is 25.3. The third kappa shape index (κ3) is 17.2. The summed E-state index contributed by atoms with van der Waals surface area (Å²) in [6.07, 6.45) is 14.0. The number of aromatic nitrogens is 1. The average molecular weight is 573 g/mol. The van der Waals surface area contributed by atoms with Crippen LogP contribution in [-0.4, -0.2) is 44.8 Å². The lowest BCUT2D eigenvalue weighted by Crippen LogP contribution is -2.27. The summed E-state index contributed by atoms with van der Waals surface area (Å²) < 4.78 is 25.0. The lowest BCUT2D eigenvalue weighted by Gasteiger charge is -2.25. The summed E-state index contributed by atoms with van der Waals surface area (Å²) in [6.45, 7) is 9.60. The Bertz CT molecular complexity index is 890. The molecule has 0 bridgehead atoms. The highest BCUT2D eigenvalue weighted by Crippen LogP contribution is 2.36. The molecule has 2 aromatic rings. The van der Waals surface area contributed by atoms with E-state index in [1.165, 1.54) is 42.5 Å². The molecule has 1 fully saturated rings. The van der Waals surface area contributed by atoms with Gasteiger partial charge in [0.2, 0.25) is 5.92 Å². The Morgan fingerprint density at radius 2 is 1.73 bits per heavy atom. The predicted molar refractivity (Wildman–Crippen MR) is 170 cm³/mol. The normalized spacial score (nSPS) is 16.2. The Morgan fingerprint density at radius 1 is 1.02 bits per heavy atom. The van der Waals surface area contributed by atoms with Gasteiger partial charge in [0, 0.05) is 44.0 Å². The molecule has 0 spiro atoms. The molecule has 0 aliphatic heterocycles. The molecule has 6 nitrogen and oxygen atoms in total. The third-order valence-electron chi connectivity index (χ3n) is 7.14. The largest absolute Gasteiger partial charge is 0.318 e. The van der Waals surface area contributed by atoms with Crippen LogP contribution in [0.3, 0.4) is 0 Å². The van der Waals surface area contributed by atoms with Gasteiger partial charge in [0.15, 0.2) is 0 Å². The summed E-state index contributed by atoms with van der Waals surface area (Å²) in [5.41, 5.74) is 15.2. The molecule has 0 amide bonds. The van der Waals surface area contributed by atoms with Crippen LogP contribution in [0.4, 0.5) is 8.78 Å². The zero-order chi connectivity index (χ0) is 30.2. The highest BCUT2D eigenvalue weighted by atomic mass is 19.3. The highest BCUT2D eigenvalue weighted by molar-refractivity contribution is 5.21. The zero-order valence-corrected chi connectivity index (χ0v) is 25.3. The molecular weight excluding hydrogens is 518 g/mol. The van der Waals surface area contributed by atoms with E-state index in [9.17, 15) is 8.78 Å². The first-order chi connectivity index (χ1) is 19.9. The van der Waals surface area contributed by atoms with Gasteiger partial charge in [-0.2, -0.15) is 0 Å². The number of halogens is 2. The molecule has 1 saturated carbocycles. The van der Waals surface area contributed by atoms with Crippen molar-refractivity contribution in [2.45, 2.75) is 76.2 Å². The first-order valence-electron chi connectivity index (χ1n) is 15.0. The van der Waals surface area contributed by atoms with Crippen LogP contribution in [0.2, 0.25) is 0 Å². The second kappa shape index (κ2) is 23.1. The number of alkyl halides is 2. The van der Waals surface area contributed by atoms with E-state index in [4.69, 9.17) is 5.73 Å². The van der Waals surface area contributed by atoms with Crippen LogP contribution in [-0.2, 0) is 12.8 Å². The van der Waals surface area contributed by atoms with Gasteiger partial charge in [-0.1, -0.05) is 48.6 Å². The van der Waals surface area contributed by atoms with Crippen LogP contribution in [0.1, 0.15) is 74.2 Å². The summed E-state index contributed by atoms with van der Waals surface area (Å²) in [4.78, 5) is 4.32. The summed E-state index contributed by atoms with van der Waals surface area (Å²) in [7, 11) is 3.84. The first kappa shape index (κ1) is 36.5. The average Bonchev–Trinajstić information content (AvgIpc) is 3.01. The summed E-state index contributed by atoms with van der Waals surface area (Å²) in [5.74, 6) is -2.06. The van der Waals surface area contributed by atoms with Crippen molar-refractivity contribution >= 4 is 0 Å². The third-order valence-corrected chi connectivity index (χ3v) is 7.14. The topological polar surface area (TPSA) is 87.0 Å². The Hall–Kier alpha value is -2.49. The number of pyridine rings is 1. The van der Waals surface area contributed by atoms with Gasteiger partial charge < -0.3 is 16.4 Å². The van der Waals surface area contributed by atoms with E-state index in [2.05, 4.69) is 70.0 Å². The maximum Gasteiger partial charge on any atom is 0.248 e. The van der Waals surface area contributed by atoms with Crippen LogP contribution in [0.15, 0.2) is 74.0 Å². The van der Waals surface area contributed by atoms with Crippen molar-refractivity contribution in [2.75, 3.05) is 33.9 Å². The molecular formula is C33H54F2N6. The number of fused-ring (bicyclic) bond motifs is 1. The van der Waals surface area contributed by atoms with Gasteiger partial charge in [0.1, 0.15) is 0 Å². The molecule has 1 atom stereocenters. The number of allylic oxidation sites excluding steroid dienone is 1. The van der Waals surface area contributed by atoms with Gasteiger partial charge in [0.25, 0.3) is 0 Å². The molecule has 1 heterocycles. The van der Waals surface area contributed by atoms with Crippen molar-refractivity contribution in [1.29, 1.82) is 0 Å². The number of aryl methyl sites for hydroxylation is 2. The second-order valence-corrected chi connectivity index (χ2v) is 10.2. The maximum absolute atomic E-state index is 12.5. The van der Waals surface area contributed by atoms with Gasteiger partial charge in [-0.05, 0) is 95.1 Å². The van der Waals surface area contributed by atoms with Gasteiger partial charge in [-0.3, -0.25) is 15.8 Å². The smallest absolute Gasteiger partial charge is 0.248 e. The Kier molecular flexibility index (Phi) is 20.6. The molecule has 41 heavy (non-hydrogen) atoms. The number of rotatable bonds is 11. The first-order valence-corrected chi connectivity index (χ1v) is 15.0. The molecule has 2 aliphatic rings. The maximum atomic E-state index is 12.5. The number of benzene rings is 1. The van der Waals surface area contributed by atoms with E-state index < -0.39 is 5.92 Å². The lowest BCUT2D eigenvalue weighted by molar-refractivity contribution is -0.0410. The van der Waals surface area contributed by atoms with Crippen molar-refractivity contribution < 1.29 is 8.78 Å². The molecule has 1 aromatic carbocycles. The summed E-state index contributed by atoms with van der Waals surface area (Å²) in [6, 6.07) is 15.1. The van der Waals surface area contributed by atoms with Crippen molar-refractivity contribution in [1.82, 2.24) is 26.5 Å². The molecule has 8 heteroatoms. The van der Waals surface area contributed by atoms with Crippen LogP contribution < -0.4 is 27.2 Å². The predicted octanol–water partition coefficient (Wildman–Crippen LogP) is 6.09. The van der Waals surface area contributed by atoms with Gasteiger partial charge in [-0.25, -0.2) is 8.78 Å². The van der Waals surface area contributed by atoms with E-state index in [1.54, 1.807) is 6.08 Å². The van der Waals surface area contributed by atoms with Crippen LogP contribution in [0, 0.1) is 5.92 Å². The minimum absolute atomic E-state index is 0.0453. The monoisotopic (exact) mass is 572 g/mol. The standard InChI is InChI=1S/C11H19N3.C9H11N.C8H12F2.C5H12N2/c1-13-11(7-8-14-9-12)10-5-3-2-4-6-10;1-2-6-9-8(4-1)5-3-7-10-9;1-2-7-3-5-8(9,10)6-4-7;1-3-4-5-7-6-2/h2-6,11,13-14H,7-9,12H2,1H3;3,5,7H,1-2,4,6H2;2,7H,1,3-6H2;3,6-7H,1,4-5H2,2H3. The number of nitrogens with two attached hydrogens (primary N) is 1. The SMILES string of the molecule is C=CC1CCC(F)(F)CC1.C=CCCNNC.CNC(CCNCN)c1ccccc1.c1cnc2c(c1)CCCC2. The Labute approximate surface area is 247 Å². The van der Waals surface area contributed by atoms with Crippen molar-refractivity contribution in [2.24, 2.45) is 11.7 Å². The quantitative estimate of drug-likeness (QED) is 0.0970.